The average molecular weight is 157 g/mol. The molecular weight excluding hydrogens is 142 g/mol. The number of carbonyl (C=O) groups is 1. The smallest absolute Gasteiger partial charge is 0.225 e. The van der Waals surface area contributed by atoms with Crippen LogP contribution in [0.25, 0.3) is 0 Å². The minimum atomic E-state index is -0.283. The predicted octanol–water partition coefficient (Wildman–Crippen LogP) is 0.547. The van der Waals surface area contributed by atoms with Gasteiger partial charge >= 0.3 is 0 Å². The zero-order chi connectivity index (χ0) is 8.48. The Morgan fingerprint density at radius 1 is 1.64 bits per heavy atom. The van der Waals surface area contributed by atoms with Gasteiger partial charge in [0.05, 0.1) is 12.7 Å². The first-order valence-electron chi connectivity index (χ1n) is 3.90. The van der Waals surface area contributed by atoms with Gasteiger partial charge in [-0.1, -0.05) is 20.8 Å². The van der Waals surface area contributed by atoms with Crippen molar-refractivity contribution < 1.29 is 9.53 Å². The summed E-state index contributed by atoms with van der Waals surface area (Å²) in [6.45, 7) is 7.16. The van der Waals surface area contributed by atoms with Crippen molar-refractivity contribution >= 4 is 5.91 Å². The number of carbonyl (C=O) groups excluding carboxylic acids is 1. The third-order valence-electron chi connectivity index (χ3n) is 1.57. The number of nitrogens with one attached hydrogen (secondary N) is 1. The summed E-state index contributed by atoms with van der Waals surface area (Å²) < 4.78 is 4.96. The van der Waals surface area contributed by atoms with E-state index < -0.39 is 0 Å². The lowest BCUT2D eigenvalue weighted by molar-refractivity contribution is -0.128. The molecule has 1 amide bonds. The molecule has 3 nitrogen and oxygen atoms in total. The van der Waals surface area contributed by atoms with E-state index >= 15 is 0 Å². The van der Waals surface area contributed by atoms with Gasteiger partial charge in [0.15, 0.2) is 0 Å². The molecule has 0 aliphatic carbocycles. The molecule has 0 bridgehead atoms. The first-order chi connectivity index (χ1) is 5.00. The number of rotatable bonds is 2. The molecule has 64 valence electrons. The highest BCUT2D eigenvalue weighted by Gasteiger charge is 2.26. The van der Waals surface area contributed by atoms with Crippen LogP contribution in [-0.4, -0.2) is 25.2 Å². The lowest BCUT2D eigenvalue weighted by Gasteiger charge is -2.16. The summed E-state index contributed by atoms with van der Waals surface area (Å²) in [7, 11) is 0. The maximum absolute atomic E-state index is 11.2. The van der Waals surface area contributed by atoms with Crippen molar-refractivity contribution in [3.63, 3.8) is 0 Å². The lowest BCUT2D eigenvalue weighted by Crippen LogP contribution is -2.36. The number of hydrogen-bond acceptors (Lipinski definition) is 2. The van der Waals surface area contributed by atoms with E-state index in [-0.39, 0.29) is 17.4 Å². The number of amides is 1. The van der Waals surface area contributed by atoms with Crippen molar-refractivity contribution in [2.75, 3.05) is 13.2 Å². The molecule has 1 unspecified atom stereocenters. The van der Waals surface area contributed by atoms with E-state index in [1.165, 1.54) is 0 Å². The molecule has 0 aromatic carbocycles. The van der Waals surface area contributed by atoms with Crippen LogP contribution in [0, 0.1) is 5.41 Å². The Morgan fingerprint density at radius 3 is 2.55 bits per heavy atom. The molecule has 1 N–H and O–H groups in total. The molecule has 11 heavy (non-hydrogen) atoms. The van der Waals surface area contributed by atoms with Gasteiger partial charge in [0, 0.05) is 12.0 Å². The lowest BCUT2D eigenvalue weighted by atomic mass is 9.96. The molecule has 0 aromatic heterocycles. The van der Waals surface area contributed by atoms with E-state index in [0.29, 0.717) is 6.54 Å². The van der Waals surface area contributed by atoms with Crippen molar-refractivity contribution in [2.45, 2.75) is 26.9 Å². The highest BCUT2D eigenvalue weighted by molar-refractivity contribution is 5.81. The van der Waals surface area contributed by atoms with Gasteiger partial charge < -0.3 is 10.1 Å². The van der Waals surface area contributed by atoms with Crippen LogP contribution >= 0.6 is 0 Å². The van der Waals surface area contributed by atoms with Crippen molar-refractivity contribution in [1.29, 1.82) is 0 Å². The van der Waals surface area contributed by atoms with Gasteiger partial charge in [0.2, 0.25) is 5.91 Å². The summed E-state index contributed by atoms with van der Waals surface area (Å²) in [6, 6.07) is 0. The van der Waals surface area contributed by atoms with Crippen LogP contribution in [0.15, 0.2) is 0 Å². The number of ether oxygens (including phenoxy) is 1. The third kappa shape index (κ3) is 2.89. The van der Waals surface area contributed by atoms with Crippen LogP contribution in [0.1, 0.15) is 20.8 Å². The molecule has 1 heterocycles. The summed E-state index contributed by atoms with van der Waals surface area (Å²) in [6.07, 6.45) is 0.279. The maximum Gasteiger partial charge on any atom is 0.225 e. The quantitative estimate of drug-likeness (QED) is 0.595. The van der Waals surface area contributed by atoms with Gasteiger partial charge in [-0.3, -0.25) is 4.79 Å². The highest BCUT2D eigenvalue weighted by Crippen LogP contribution is 2.13. The van der Waals surface area contributed by atoms with Gasteiger partial charge in [-0.05, 0) is 0 Å². The Balaban J connectivity index is 2.19. The second-order valence-electron chi connectivity index (χ2n) is 3.92. The van der Waals surface area contributed by atoms with Gasteiger partial charge in [-0.25, -0.2) is 0 Å². The first-order valence-corrected chi connectivity index (χ1v) is 3.90. The molecular formula is C8H15NO2. The monoisotopic (exact) mass is 157 g/mol. The fourth-order valence-corrected chi connectivity index (χ4v) is 0.658. The standard InChI is InChI=1S/C8H15NO2/c1-8(2,3)7(10)9-4-6-5-11-6/h6H,4-5H2,1-3H3,(H,9,10). The van der Waals surface area contributed by atoms with Crippen LogP contribution in [0.2, 0.25) is 0 Å². The van der Waals surface area contributed by atoms with E-state index in [2.05, 4.69) is 5.32 Å². The second kappa shape index (κ2) is 2.81. The molecule has 1 fully saturated rings. The number of hydrogen-bond donors (Lipinski definition) is 1. The zero-order valence-electron chi connectivity index (χ0n) is 7.31. The molecule has 1 atom stereocenters. The van der Waals surface area contributed by atoms with Crippen molar-refractivity contribution in [1.82, 2.24) is 5.32 Å². The summed E-state index contributed by atoms with van der Waals surface area (Å²) in [5.41, 5.74) is -0.283. The van der Waals surface area contributed by atoms with E-state index in [9.17, 15) is 4.79 Å². The molecule has 0 spiro atoms. The summed E-state index contributed by atoms with van der Waals surface area (Å²) in [5.74, 6) is 0.0907. The molecule has 0 saturated carbocycles. The molecule has 0 radical (unpaired) electrons. The molecule has 0 aromatic rings. The minimum Gasteiger partial charge on any atom is -0.371 e. The van der Waals surface area contributed by atoms with Crippen LogP contribution in [0.3, 0.4) is 0 Å². The van der Waals surface area contributed by atoms with E-state index in [1.54, 1.807) is 0 Å². The SMILES string of the molecule is CC(C)(C)C(=O)NCC1CO1. The molecule has 3 heteroatoms. The second-order valence-corrected chi connectivity index (χ2v) is 3.92. The normalized spacial score (nSPS) is 23.0. The fourth-order valence-electron chi connectivity index (χ4n) is 0.658. The van der Waals surface area contributed by atoms with Crippen molar-refractivity contribution in [3.05, 3.63) is 0 Å². The average Bonchev–Trinajstić information content (AvgIpc) is 2.62. The van der Waals surface area contributed by atoms with Gasteiger partial charge in [0.1, 0.15) is 0 Å². The molecule has 1 saturated heterocycles. The minimum absolute atomic E-state index is 0.0907. The molecule has 1 rings (SSSR count). The van der Waals surface area contributed by atoms with Crippen molar-refractivity contribution in [3.8, 4) is 0 Å². The van der Waals surface area contributed by atoms with E-state index in [4.69, 9.17) is 4.74 Å². The summed E-state index contributed by atoms with van der Waals surface area (Å²) >= 11 is 0. The van der Waals surface area contributed by atoms with E-state index in [1.807, 2.05) is 20.8 Å². The van der Waals surface area contributed by atoms with Crippen LogP contribution in [0.5, 0.6) is 0 Å². The Morgan fingerprint density at radius 2 is 2.18 bits per heavy atom. The maximum atomic E-state index is 11.2. The first kappa shape index (κ1) is 8.53. The zero-order valence-corrected chi connectivity index (χ0v) is 7.31. The van der Waals surface area contributed by atoms with Gasteiger partial charge in [-0.15, -0.1) is 0 Å². The third-order valence-corrected chi connectivity index (χ3v) is 1.57. The predicted molar refractivity (Wildman–Crippen MR) is 42.2 cm³/mol. The fraction of sp³-hybridized carbons (Fsp3) is 0.875. The Kier molecular flexibility index (Phi) is 2.18. The van der Waals surface area contributed by atoms with Gasteiger partial charge in [-0.2, -0.15) is 0 Å². The molecule has 1 aliphatic heterocycles. The van der Waals surface area contributed by atoms with E-state index in [0.717, 1.165) is 6.61 Å². The van der Waals surface area contributed by atoms with Crippen LogP contribution in [0.4, 0.5) is 0 Å². The van der Waals surface area contributed by atoms with Gasteiger partial charge in [0.25, 0.3) is 0 Å². The van der Waals surface area contributed by atoms with Crippen molar-refractivity contribution in [2.24, 2.45) is 5.41 Å². The highest BCUT2D eigenvalue weighted by atomic mass is 16.6. The summed E-state index contributed by atoms with van der Waals surface area (Å²) in [5, 5.41) is 2.82. The number of epoxide rings is 1. The Hall–Kier alpha value is -0.570. The Labute approximate surface area is 67.1 Å². The Bertz CT molecular complexity index is 156. The largest absolute Gasteiger partial charge is 0.371 e. The molecule has 1 aliphatic rings. The van der Waals surface area contributed by atoms with Crippen LogP contribution < -0.4 is 5.32 Å². The summed E-state index contributed by atoms with van der Waals surface area (Å²) in [4.78, 5) is 11.2. The topological polar surface area (TPSA) is 41.6 Å². The van der Waals surface area contributed by atoms with Crippen LogP contribution in [-0.2, 0) is 9.53 Å².